The highest BCUT2D eigenvalue weighted by molar-refractivity contribution is 5.89. The van der Waals surface area contributed by atoms with Gasteiger partial charge in [0, 0.05) is 20.6 Å². The SMILES string of the molecule is Cc1cccc(CN2CCCC[C@H]2C(=O)N[C@@H](C)C(=O)N(C)C)c1. The first-order valence-corrected chi connectivity index (χ1v) is 8.69. The molecule has 1 aliphatic heterocycles. The Morgan fingerprint density at radius 1 is 1.33 bits per heavy atom. The van der Waals surface area contributed by atoms with Gasteiger partial charge in [-0.1, -0.05) is 36.2 Å². The van der Waals surface area contributed by atoms with Gasteiger partial charge >= 0.3 is 0 Å². The molecule has 5 nitrogen and oxygen atoms in total. The van der Waals surface area contributed by atoms with E-state index < -0.39 is 6.04 Å². The molecule has 1 saturated heterocycles. The Morgan fingerprint density at radius 3 is 2.75 bits per heavy atom. The monoisotopic (exact) mass is 331 g/mol. The predicted octanol–water partition coefficient (Wildman–Crippen LogP) is 1.94. The van der Waals surface area contributed by atoms with Crippen LogP contribution in [0.1, 0.15) is 37.3 Å². The molecule has 2 amide bonds. The molecule has 24 heavy (non-hydrogen) atoms. The average Bonchev–Trinajstić information content (AvgIpc) is 2.54. The van der Waals surface area contributed by atoms with Gasteiger partial charge in [0.05, 0.1) is 6.04 Å². The summed E-state index contributed by atoms with van der Waals surface area (Å²) in [6.07, 6.45) is 3.01. The third kappa shape index (κ3) is 4.81. The van der Waals surface area contributed by atoms with Gasteiger partial charge in [0.25, 0.3) is 0 Å². The smallest absolute Gasteiger partial charge is 0.244 e. The van der Waals surface area contributed by atoms with Crippen LogP contribution in [-0.2, 0) is 16.1 Å². The van der Waals surface area contributed by atoms with E-state index >= 15 is 0 Å². The summed E-state index contributed by atoms with van der Waals surface area (Å²) in [5, 5.41) is 2.89. The van der Waals surface area contributed by atoms with Gasteiger partial charge in [0.1, 0.15) is 6.04 Å². The number of carbonyl (C=O) groups excluding carboxylic acids is 2. The lowest BCUT2D eigenvalue weighted by molar-refractivity contribution is -0.136. The second-order valence-corrected chi connectivity index (χ2v) is 6.93. The number of aryl methyl sites for hydroxylation is 1. The van der Waals surface area contributed by atoms with E-state index in [1.807, 2.05) is 0 Å². The number of hydrogen-bond donors (Lipinski definition) is 1. The fourth-order valence-corrected chi connectivity index (χ4v) is 3.28. The van der Waals surface area contributed by atoms with Gasteiger partial charge in [-0.3, -0.25) is 14.5 Å². The molecule has 0 spiro atoms. The number of likely N-dealkylation sites (N-methyl/N-ethyl adjacent to an activating group) is 1. The largest absolute Gasteiger partial charge is 0.347 e. The van der Waals surface area contributed by atoms with Crippen molar-refractivity contribution in [3.63, 3.8) is 0 Å². The highest BCUT2D eigenvalue weighted by Crippen LogP contribution is 2.20. The molecule has 0 aliphatic carbocycles. The Balaban J connectivity index is 2.02. The van der Waals surface area contributed by atoms with Crippen LogP contribution in [0.25, 0.3) is 0 Å². The Kier molecular flexibility index (Phi) is 6.37. The Morgan fingerprint density at radius 2 is 2.08 bits per heavy atom. The maximum atomic E-state index is 12.7. The van der Waals surface area contributed by atoms with Gasteiger partial charge in [-0.25, -0.2) is 0 Å². The van der Waals surface area contributed by atoms with E-state index in [2.05, 4.69) is 41.4 Å². The van der Waals surface area contributed by atoms with E-state index in [0.717, 1.165) is 32.4 Å². The van der Waals surface area contributed by atoms with Gasteiger partial charge in [-0.2, -0.15) is 0 Å². The van der Waals surface area contributed by atoms with Gasteiger partial charge in [-0.15, -0.1) is 0 Å². The predicted molar refractivity (Wildman–Crippen MR) is 95.5 cm³/mol. The molecular weight excluding hydrogens is 302 g/mol. The molecule has 2 rings (SSSR count). The van der Waals surface area contributed by atoms with Crippen LogP contribution in [-0.4, -0.2) is 54.3 Å². The third-order valence-corrected chi connectivity index (χ3v) is 4.55. The average molecular weight is 331 g/mol. The molecule has 0 radical (unpaired) electrons. The normalized spacial score (nSPS) is 19.6. The Bertz CT molecular complexity index is 586. The van der Waals surface area contributed by atoms with Crippen molar-refractivity contribution in [2.75, 3.05) is 20.6 Å². The zero-order valence-corrected chi connectivity index (χ0v) is 15.2. The number of nitrogens with one attached hydrogen (secondary N) is 1. The molecule has 1 aliphatic rings. The lowest BCUT2D eigenvalue weighted by atomic mass is 9.99. The summed E-state index contributed by atoms with van der Waals surface area (Å²) < 4.78 is 0. The summed E-state index contributed by atoms with van der Waals surface area (Å²) in [4.78, 5) is 28.4. The second kappa shape index (κ2) is 8.29. The molecule has 2 atom stereocenters. The number of piperidine rings is 1. The van der Waals surface area contributed by atoms with E-state index in [4.69, 9.17) is 0 Å². The fraction of sp³-hybridized carbons (Fsp3) is 0.579. The van der Waals surface area contributed by atoms with Gasteiger partial charge in [0.15, 0.2) is 0 Å². The van der Waals surface area contributed by atoms with Crippen molar-refractivity contribution in [3.05, 3.63) is 35.4 Å². The van der Waals surface area contributed by atoms with Crippen LogP contribution in [0.3, 0.4) is 0 Å². The van der Waals surface area contributed by atoms with Crippen LogP contribution < -0.4 is 5.32 Å². The molecule has 0 saturated carbocycles. The lowest BCUT2D eigenvalue weighted by Gasteiger charge is -2.35. The summed E-state index contributed by atoms with van der Waals surface area (Å²) in [6, 6.07) is 7.77. The van der Waals surface area contributed by atoms with E-state index in [1.54, 1.807) is 21.0 Å². The van der Waals surface area contributed by atoms with E-state index in [0.29, 0.717) is 0 Å². The Labute approximate surface area is 145 Å². The van der Waals surface area contributed by atoms with Crippen LogP contribution >= 0.6 is 0 Å². The molecule has 132 valence electrons. The third-order valence-electron chi connectivity index (χ3n) is 4.55. The summed E-state index contributed by atoms with van der Waals surface area (Å²) >= 11 is 0. The standard InChI is InChI=1S/C19H29N3O2/c1-14-8-7-9-16(12-14)13-22-11-6-5-10-17(22)18(23)20-15(2)19(24)21(3)4/h7-9,12,15,17H,5-6,10-11,13H2,1-4H3,(H,20,23)/t15-,17-/m0/s1. The van der Waals surface area contributed by atoms with Crippen LogP contribution in [0.5, 0.6) is 0 Å². The molecule has 1 aromatic rings. The maximum absolute atomic E-state index is 12.7. The van der Waals surface area contributed by atoms with Gasteiger partial charge in [-0.05, 0) is 38.8 Å². The zero-order chi connectivity index (χ0) is 17.7. The molecule has 5 heteroatoms. The van der Waals surface area contributed by atoms with Gasteiger partial charge < -0.3 is 10.2 Å². The maximum Gasteiger partial charge on any atom is 0.244 e. The first kappa shape index (κ1) is 18.5. The minimum absolute atomic E-state index is 0.0370. The quantitative estimate of drug-likeness (QED) is 0.897. The fourth-order valence-electron chi connectivity index (χ4n) is 3.28. The molecule has 1 fully saturated rings. The molecule has 1 aromatic carbocycles. The van der Waals surface area contributed by atoms with Gasteiger partial charge in [0.2, 0.25) is 11.8 Å². The van der Waals surface area contributed by atoms with Crippen LogP contribution in [0.2, 0.25) is 0 Å². The zero-order valence-electron chi connectivity index (χ0n) is 15.2. The van der Waals surface area contributed by atoms with Crippen molar-refractivity contribution in [2.24, 2.45) is 0 Å². The van der Waals surface area contributed by atoms with Crippen LogP contribution in [0.4, 0.5) is 0 Å². The Hall–Kier alpha value is -1.88. The number of benzene rings is 1. The topological polar surface area (TPSA) is 52.7 Å². The molecule has 1 N–H and O–H groups in total. The van der Waals surface area contributed by atoms with E-state index in [-0.39, 0.29) is 17.9 Å². The lowest BCUT2D eigenvalue weighted by Crippen LogP contribution is -2.53. The van der Waals surface area contributed by atoms with Crippen molar-refractivity contribution in [1.82, 2.24) is 15.1 Å². The molecule has 0 aromatic heterocycles. The number of amides is 2. The minimum atomic E-state index is -0.491. The highest BCUT2D eigenvalue weighted by Gasteiger charge is 2.30. The summed E-state index contributed by atoms with van der Waals surface area (Å²) in [5.41, 5.74) is 2.46. The van der Waals surface area contributed by atoms with E-state index in [1.165, 1.54) is 16.0 Å². The van der Waals surface area contributed by atoms with Crippen molar-refractivity contribution >= 4 is 11.8 Å². The summed E-state index contributed by atoms with van der Waals surface area (Å²) in [7, 11) is 3.41. The number of hydrogen-bond acceptors (Lipinski definition) is 3. The van der Waals surface area contributed by atoms with Crippen molar-refractivity contribution in [3.8, 4) is 0 Å². The van der Waals surface area contributed by atoms with Crippen molar-refractivity contribution < 1.29 is 9.59 Å². The van der Waals surface area contributed by atoms with E-state index in [9.17, 15) is 9.59 Å². The van der Waals surface area contributed by atoms with Crippen molar-refractivity contribution in [2.45, 2.75) is 51.7 Å². The minimum Gasteiger partial charge on any atom is -0.347 e. The summed E-state index contributed by atoms with van der Waals surface area (Å²) in [5.74, 6) is -0.116. The van der Waals surface area contributed by atoms with Crippen LogP contribution in [0.15, 0.2) is 24.3 Å². The number of carbonyl (C=O) groups is 2. The summed E-state index contributed by atoms with van der Waals surface area (Å²) in [6.45, 7) is 5.52. The number of rotatable bonds is 5. The molecule has 0 unspecified atom stereocenters. The molecule has 1 heterocycles. The molecule has 0 bridgehead atoms. The number of likely N-dealkylation sites (tertiary alicyclic amines) is 1. The van der Waals surface area contributed by atoms with Crippen LogP contribution in [0, 0.1) is 6.92 Å². The second-order valence-electron chi connectivity index (χ2n) is 6.93. The van der Waals surface area contributed by atoms with Crippen molar-refractivity contribution in [1.29, 1.82) is 0 Å². The first-order chi connectivity index (χ1) is 11.4. The first-order valence-electron chi connectivity index (χ1n) is 8.69. The number of nitrogens with zero attached hydrogens (tertiary/aromatic N) is 2. The highest BCUT2D eigenvalue weighted by atomic mass is 16.2. The molecular formula is C19H29N3O2.